The van der Waals surface area contributed by atoms with Crippen molar-refractivity contribution in [2.75, 3.05) is 26.7 Å². The highest BCUT2D eigenvalue weighted by molar-refractivity contribution is 5.70. The maximum Gasteiger partial charge on any atom is 0.307 e. The second kappa shape index (κ2) is 6.86. The van der Waals surface area contributed by atoms with Gasteiger partial charge in [0.25, 0.3) is 0 Å². The summed E-state index contributed by atoms with van der Waals surface area (Å²) in [5.74, 6) is -0.101. The summed E-state index contributed by atoms with van der Waals surface area (Å²) < 4.78 is 4.93. The van der Waals surface area contributed by atoms with E-state index < -0.39 is 0 Å². The number of hydrogen-bond donors (Lipinski definition) is 1. The third-order valence-corrected chi connectivity index (χ3v) is 3.02. The third kappa shape index (κ3) is 4.94. The molecule has 0 aromatic carbocycles. The van der Waals surface area contributed by atoms with E-state index in [-0.39, 0.29) is 12.0 Å². The molecule has 0 radical (unpaired) electrons. The average Bonchev–Trinajstić information content (AvgIpc) is 2.21. The van der Waals surface area contributed by atoms with E-state index in [0.717, 1.165) is 13.1 Å². The van der Waals surface area contributed by atoms with Gasteiger partial charge >= 0.3 is 5.97 Å². The molecule has 1 N–H and O–H groups in total. The van der Waals surface area contributed by atoms with Gasteiger partial charge in [-0.15, -0.1) is 0 Å². The van der Waals surface area contributed by atoms with E-state index in [2.05, 4.69) is 24.2 Å². The van der Waals surface area contributed by atoms with Gasteiger partial charge in [0.1, 0.15) is 0 Å². The number of rotatable bonds is 5. The van der Waals surface area contributed by atoms with Gasteiger partial charge in [-0.3, -0.25) is 4.79 Å². The van der Waals surface area contributed by atoms with E-state index in [1.54, 1.807) is 0 Å². The lowest BCUT2D eigenvalue weighted by molar-refractivity contribution is -0.143. The lowest BCUT2D eigenvalue weighted by atomic mass is 10.0. The monoisotopic (exact) mass is 228 g/mol. The fraction of sp³-hybridized carbons (Fsp3) is 0.917. The highest BCUT2D eigenvalue weighted by Gasteiger charge is 2.19. The summed E-state index contributed by atoms with van der Waals surface area (Å²) in [6, 6.07) is 0.771. The summed E-state index contributed by atoms with van der Waals surface area (Å²) in [6.45, 7) is 6.65. The van der Waals surface area contributed by atoms with Crippen LogP contribution >= 0.6 is 0 Å². The number of hydrogen-bond acceptors (Lipinski definition) is 4. The average molecular weight is 228 g/mol. The molecule has 0 bridgehead atoms. The van der Waals surface area contributed by atoms with Crippen LogP contribution in [0.1, 0.15) is 33.1 Å². The van der Waals surface area contributed by atoms with Gasteiger partial charge in [-0.25, -0.2) is 0 Å². The first kappa shape index (κ1) is 13.5. The Labute approximate surface area is 98.3 Å². The first-order chi connectivity index (χ1) is 7.61. The van der Waals surface area contributed by atoms with Crippen LogP contribution in [0.25, 0.3) is 0 Å². The molecule has 1 atom stereocenters. The molecule has 0 saturated carbocycles. The number of nitrogens with zero attached hydrogens (tertiary/aromatic N) is 1. The molecule has 1 fully saturated rings. The minimum Gasteiger partial charge on any atom is -0.466 e. The number of carbonyl (C=O) groups excluding carboxylic acids is 1. The normalized spacial score (nSPS) is 20.7. The van der Waals surface area contributed by atoms with Crippen molar-refractivity contribution in [1.29, 1.82) is 0 Å². The SMILES string of the molecule is CCOC(=O)CC(C)NC1CCN(C)CC1. The van der Waals surface area contributed by atoms with E-state index in [1.165, 1.54) is 12.8 Å². The Kier molecular flexibility index (Phi) is 5.77. The Morgan fingerprint density at radius 3 is 2.69 bits per heavy atom. The number of likely N-dealkylation sites (tertiary alicyclic amines) is 1. The van der Waals surface area contributed by atoms with Crippen LogP contribution < -0.4 is 5.32 Å². The molecule has 4 heteroatoms. The first-order valence-corrected chi connectivity index (χ1v) is 6.22. The van der Waals surface area contributed by atoms with Gasteiger partial charge in [0.2, 0.25) is 0 Å². The molecule has 0 amide bonds. The summed E-state index contributed by atoms with van der Waals surface area (Å²) in [5.41, 5.74) is 0. The van der Waals surface area contributed by atoms with Crippen LogP contribution in [0.2, 0.25) is 0 Å². The standard InChI is InChI=1S/C12H24N2O2/c1-4-16-12(15)9-10(2)13-11-5-7-14(3)8-6-11/h10-11,13H,4-9H2,1-3H3. The summed E-state index contributed by atoms with van der Waals surface area (Å²) in [5, 5.41) is 3.50. The van der Waals surface area contributed by atoms with Crippen LogP contribution in [-0.4, -0.2) is 49.7 Å². The Bertz CT molecular complexity index is 213. The fourth-order valence-electron chi connectivity index (χ4n) is 2.11. The van der Waals surface area contributed by atoms with Crippen molar-refractivity contribution in [2.45, 2.75) is 45.2 Å². The summed E-state index contributed by atoms with van der Waals surface area (Å²) in [7, 11) is 2.15. The Hall–Kier alpha value is -0.610. The predicted octanol–water partition coefficient (Wildman–Crippen LogP) is 1.01. The van der Waals surface area contributed by atoms with Crippen molar-refractivity contribution in [2.24, 2.45) is 0 Å². The molecule has 1 aliphatic rings. The molecule has 0 aromatic rings. The van der Waals surface area contributed by atoms with Gasteiger partial charge in [0, 0.05) is 12.1 Å². The van der Waals surface area contributed by atoms with E-state index in [4.69, 9.17) is 4.74 Å². The van der Waals surface area contributed by atoms with Gasteiger partial charge in [-0.1, -0.05) is 0 Å². The highest BCUT2D eigenvalue weighted by Crippen LogP contribution is 2.09. The molecule has 1 unspecified atom stereocenters. The van der Waals surface area contributed by atoms with Crippen LogP contribution in [0.3, 0.4) is 0 Å². The largest absolute Gasteiger partial charge is 0.466 e. The van der Waals surface area contributed by atoms with Crippen molar-refractivity contribution in [3.8, 4) is 0 Å². The number of nitrogens with one attached hydrogen (secondary N) is 1. The van der Waals surface area contributed by atoms with Crippen molar-refractivity contribution < 1.29 is 9.53 Å². The van der Waals surface area contributed by atoms with E-state index in [1.807, 2.05) is 6.92 Å². The number of ether oxygens (including phenoxy) is 1. The summed E-state index contributed by atoms with van der Waals surface area (Å²) >= 11 is 0. The zero-order chi connectivity index (χ0) is 12.0. The van der Waals surface area contributed by atoms with Gasteiger partial charge in [0.15, 0.2) is 0 Å². The summed E-state index contributed by atoms with van der Waals surface area (Å²) in [4.78, 5) is 13.6. The molecule has 1 aliphatic heterocycles. The van der Waals surface area contributed by atoms with Crippen LogP contribution in [0.15, 0.2) is 0 Å². The molecule has 4 nitrogen and oxygen atoms in total. The van der Waals surface area contributed by atoms with Crippen molar-refractivity contribution in [3.05, 3.63) is 0 Å². The van der Waals surface area contributed by atoms with Crippen LogP contribution in [0.5, 0.6) is 0 Å². The van der Waals surface area contributed by atoms with Gasteiger partial charge in [-0.2, -0.15) is 0 Å². The molecule has 1 saturated heterocycles. The van der Waals surface area contributed by atoms with Gasteiger partial charge in [0.05, 0.1) is 13.0 Å². The van der Waals surface area contributed by atoms with Crippen molar-refractivity contribution in [1.82, 2.24) is 10.2 Å². The summed E-state index contributed by atoms with van der Waals surface area (Å²) in [6.07, 6.45) is 2.81. The molecule has 16 heavy (non-hydrogen) atoms. The lowest BCUT2D eigenvalue weighted by Crippen LogP contribution is -2.44. The fourth-order valence-corrected chi connectivity index (χ4v) is 2.11. The topological polar surface area (TPSA) is 41.6 Å². The molecule has 1 rings (SSSR count). The second-order valence-electron chi connectivity index (χ2n) is 4.65. The van der Waals surface area contributed by atoms with Crippen molar-refractivity contribution >= 4 is 5.97 Å². The molecule has 0 aromatic heterocycles. The number of esters is 1. The maximum atomic E-state index is 11.3. The Balaban J connectivity index is 2.18. The Morgan fingerprint density at radius 1 is 1.50 bits per heavy atom. The van der Waals surface area contributed by atoms with Crippen molar-refractivity contribution in [3.63, 3.8) is 0 Å². The zero-order valence-electron chi connectivity index (χ0n) is 10.7. The Morgan fingerprint density at radius 2 is 2.12 bits per heavy atom. The van der Waals surface area contributed by atoms with E-state index in [0.29, 0.717) is 19.1 Å². The number of piperidine rings is 1. The lowest BCUT2D eigenvalue weighted by Gasteiger charge is -2.31. The molecular weight excluding hydrogens is 204 g/mol. The second-order valence-corrected chi connectivity index (χ2v) is 4.65. The smallest absolute Gasteiger partial charge is 0.307 e. The maximum absolute atomic E-state index is 11.3. The minimum atomic E-state index is -0.101. The first-order valence-electron chi connectivity index (χ1n) is 6.22. The zero-order valence-corrected chi connectivity index (χ0v) is 10.7. The molecule has 0 aliphatic carbocycles. The predicted molar refractivity (Wildman–Crippen MR) is 64.4 cm³/mol. The quantitative estimate of drug-likeness (QED) is 0.713. The van der Waals surface area contributed by atoms with Crippen LogP contribution in [0.4, 0.5) is 0 Å². The minimum absolute atomic E-state index is 0.101. The van der Waals surface area contributed by atoms with Crippen LogP contribution in [-0.2, 0) is 9.53 Å². The third-order valence-electron chi connectivity index (χ3n) is 3.02. The van der Waals surface area contributed by atoms with Gasteiger partial charge < -0.3 is 15.0 Å². The molecule has 1 heterocycles. The molecule has 0 spiro atoms. The molecule has 94 valence electrons. The van der Waals surface area contributed by atoms with E-state index in [9.17, 15) is 4.79 Å². The van der Waals surface area contributed by atoms with Gasteiger partial charge in [-0.05, 0) is 46.8 Å². The molecular formula is C12H24N2O2. The number of carbonyl (C=O) groups is 1. The van der Waals surface area contributed by atoms with Crippen LogP contribution in [0, 0.1) is 0 Å². The highest BCUT2D eigenvalue weighted by atomic mass is 16.5. The van der Waals surface area contributed by atoms with E-state index >= 15 is 0 Å².